The maximum Gasteiger partial charge on any atom is 0.240 e. The molecule has 2 amide bonds. The van der Waals surface area contributed by atoms with Gasteiger partial charge in [0, 0.05) is 9.99 Å². The van der Waals surface area contributed by atoms with E-state index in [-0.39, 0.29) is 17.7 Å². The van der Waals surface area contributed by atoms with E-state index in [2.05, 4.69) is 22.6 Å². The lowest BCUT2D eigenvalue weighted by molar-refractivity contribution is -0.126. The Balaban J connectivity index is 2.46. The average molecular weight is 357 g/mol. The van der Waals surface area contributed by atoms with Gasteiger partial charge in [-0.25, -0.2) is 4.90 Å². The summed E-state index contributed by atoms with van der Waals surface area (Å²) >= 11 is 2.15. The minimum atomic E-state index is -0.573. The van der Waals surface area contributed by atoms with Crippen molar-refractivity contribution in [3.8, 4) is 0 Å². The molecule has 0 aromatic heterocycles. The second kappa shape index (κ2) is 4.64. The number of rotatable bonds is 2. The molecule has 1 fully saturated rings. The third kappa shape index (κ3) is 1.96. The van der Waals surface area contributed by atoms with Crippen LogP contribution in [0.25, 0.3) is 0 Å². The number of benzene rings is 1. The number of anilines is 1. The molecule has 1 aliphatic heterocycles. The summed E-state index contributed by atoms with van der Waals surface area (Å²) in [5, 5.41) is 0. The molecule has 18 heavy (non-hydrogen) atoms. The van der Waals surface area contributed by atoms with E-state index in [1.54, 1.807) is 0 Å². The Morgan fingerprint density at radius 3 is 2.39 bits per heavy atom. The Kier molecular flexibility index (Phi) is 3.49. The Morgan fingerprint density at radius 1 is 1.28 bits per heavy atom. The minimum Gasteiger partial charge on any atom is -0.274 e. The lowest BCUT2D eigenvalue weighted by Gasteiger charge is -2.26. The van der Waals surface area contributed by atoms with Gasteiger partial charge in [0.25, 0.3) is 0 Å². The van der Waals surface area contributed by atoms with Crippen LogP contribution in [0.1, 0.15) is 27.2 Å². The van der Waals surface area contributed by atoms with E-state index < -0.39 is 5.41 Å². The molecule has 1 aromatic carbocycles. The second-order valence-corrected chi connectivity index (χ2v) is 6.40. The molecule has 0 radical (unpaired) electrons. The highest BCUT2D eigenvalue weighted by atomic mass is 127. The van der Waals surface area contributed by atoms with Crippen molar-refractivity contribution in [3.05, 3.63) is 27.8 Å². The number of hydrogen-bond donors (Lipinski definition) is 0. The van der Waals surface area contributed by atoms with Crippen molar-refractivity contribution in [3.63, 3.8) is 0 Å². The molecule has 1 unspecified atom stereocenters. The first-order valence-electron chi connectivity index (χ1n) is 6.00. The lowest BCUT2D eigenvalue weighted by atomic mass is 9.78. The SMILES string of the molecule is CC(C)C1(C)CC(=O)N(c2ccccc2I)C1=O. The van der Waals surface area contributed by atoms with Crippen molar-refractivity contribution >= 4 is 40.1 Å². The maximum absolute atomic E-state index is 12.5. The summed E-state index contributed by atoms with van der Waals surface area (Å²) in [5.74, 6) is -0.0211. The number of carbonyl (C=O) groups is 2. The fourth-order valence-electron chi connectivity index (χ4n) is 2.17. The molecular weight excluding hydrogens is 341 g/mol. The van der Waals surface area contributed by atoms with Gasteiger partial charge >= 0.3 is 0 Å². The summed E-state index contributed by atoms with van der Waals surface area (Å²) in [4.78, 5) is 26.0. The van der Waals surface area contributed by atoms with Crippen LogP contribution < -0.4 is 4.90 Å². The van der Waals surface area contributed by atoms with Gasteiger partial charge in [-0.2, -0.15) is 0 Å². The lowest BCUT2D eigenvalue weighted by Crippen LogP contribution is -2.37. The molecule has 4 heteroatoms. The second-order valence-electron chi connectivity index (χ2n) is 5.23. The summed E-state index contributed by atoms with van der Waals surface area (Å²) < 4.78 is 0.921. The fourth-order valence-corrected chi connectivity index (χ4v) is 2.79. The number of hydrogen-bond acceptors (Lipinski definition) is 2. The van der Waals surface area contributed by atoms with Crippen LogP contribution in [0.5, 0.6) is 0 Å². The summed E-state index contributed by atoms with van der Waals surface area (Å²) in [6.45, 7) is 5.86. The molecule has 1 atom stereocenters. The predicted octanol–water partition coefficient (Wildman–Crippen LogP) is 3.22. The third-order valence-electron chi connectivity index (χ3n) is 3.83. The van der Waals surface area contributed by atoms with E-state index in [9.17, 15) is 9.59 Å². The topological polar surface area (TPSA) is 37.4 Å². The van der Waals surface area contributed by atoms with E-state index in [1.807, 2.05) is 45.0 Å². The Hall–Kier alpha value is -0.910. The van der Waals surface area contributed by atoms with Crippen LogP contribution in [0.4, 0.5) is 5.69 Å². The van der Waals surface area contributed by atoms with Gasteiger partial charge in [0.15, 0.2) is 0 Å². The number of amides is 2. The number of imide groups is 1. The molecule has 0 saturated carbocycles. The molecule has 0 aliphatic carbocycles. The van der Waals surface area contributed by atoms with Crippen molar-refractivity contribution in [2.75, 3.05) is 4.90 Å². The number of carbonyl (C=O) groups excluding carboxylic acids is 2. The van der Waals surface area contributed by atoms with E-state index in [0.717, 1.165) is 3.57 Å². The van der Waals surface area contributed by atoms with Crippen LogP contribution in [0.3, 0.4) is 0 Å². The number of halogens is 1. The minimum absolute atomic E-state index is 0.0772. The van der Waals surface area contributed by atoms with Gasteiger partial charge in [-0.05, 0) is 47.6 Å². The number of nitrogens with zero attached hydrogens (tertiary/aromatic N) is 1. The largest absolute Gasteiger partial charge is 0.274 e. The van der Waals surface area contributed by atoms with Crippen molar-refractivity contribution in [1.29, 1.82) is 0 Å². The highest BCUT2D eigenvalue weighted by Crippen LogP contribution is 2.42. The number of para-hydroxylation sites is 1. The van der Waals surface area contributed by atoms with Gasteiger partial charge in [0.05, 0.1) is 11.1 Å². The summed E-state index contributed by atoms with van der Waals surface area (Å²) in [5.41, 5.74) is 0.133. The zero-order valence-corrected chi connectivity index (χ0v) is 12.9. The van der Waals surface area contributed by atoms with Crippen LogP contribution in [0.15, 0.2) is 24.3 Å². The first-order chi connectivity index (χ1) is 8.38. The molecule has 1 aliphatic rings. The molecule has 0 N–H and O–H groups in total. The summed E-state index contributed by atoms with van der Waals surface area (Å²) in [6.07, 6.45) is 0.300. The van der Waals surface area contributed by atoms with Crippen molar-refractivity contribution in [1.82, 2.24) is 0 Å². The van der Waals surface area contributed by atoms with Crippen molar-refractivity contribution in [2.24, 2.45) is 11.3 Å². The van der Waals surface area contributed by atoms with Crippen LogP contribution >= 0.6 is 22.6 Å². The highest BCUT2D eigenvalue weighted by Gasteiger charge is 2.50. The fraction of sp³-hybridized carbons (Fsp3) is 0.429. The monoisotopic (exact) mass is 357 g/mol. The zero-order chi connectivity index (χ0) is 13.5. The third-order valence-corrected chi connectivity index (χ3v) is 4.74. The quantitative estimate of drug-likeness (QED) is 0.602. The van der Waals surface area contributed by atoms with Crippen LogP contribution in [-0.4, -0.2) is 11.8 Å². The van der Waals surface area contributed by atoms with Crippen LogP contribution in [0.2, 0.25) is 0 Å². The molecule has 96 valence electrons. The van der Waals surface area contributed by atoms with Gasteiger partial charge in [-0.1, -0.05) is 26.0 Å². The molecule has 2 rings (SSSR count). The molecule has 1 aromatic rings. The van der Waals surface area contributed by atoms with Gasteiger partial charge in [-0.15, -0.1) is 0 Å². The standard InChI is InChI=1S/C14H16INO2/c1-9(2)14(3)8-12(17)16(13(14)18)11-7-5-4-6-10(11)15/h4-7,9H,8H2,1-3H3. The molecule has 0 spiro atoms. The highest BCUT2D eigenvalue weighted by molar-refractivity contribution is 14.1. The van der Waals surface area contributed by atoms with Crippen LogP contribution in [-0.2, 0) is 9.59 Å². The first-order valence-corrected chi connectivity index (χ1v) is 7.07. The smallest absolute Gasteiger partial charge is 0.240 e. The van der Waals surface area contributed by atoms with Crippen molar-refractivity contribution < 1.29 is 9.59 Å². The van der Waals surface area contributed by atoms with Gasteiger partial charge in [-0.3, -0.25) is 9.59 Å². The normalized spacial score (nSPS) is 24.2. The first kappa shape index (κ1) is 13.5. The maximum atomic E-state index is 12.5. The van der Waals surface area contributed by atoms with Gasteiger partial charge in [0.2, 0.25) is 11.8 Å². The Bertz CT molecular complexity index is 512. The molecular formula is C14H16INO2. The predicted molar refractivity (Wildman–Crippen MR) is 79.2 cm³/mol. The van der Waals surface area contributed by atoms with Gasteiger partial charge < -0.3 is 0 Å². The molecule has 1 saturated heterocycles. The summed E-state index contributed by atoms with van der Waals surface area (Å²) in [7, 11) is 0. The summed E-state index contributed by atoms with van der Waals surface area (Å²) in [6, 6.07) is 7.48. The van der Waals surface area contributed by atoms with Crippen molar-refractivity contribution in [2.45, 2.75) is 27.2 Å². The Labute approximate surface area is 121 Å². The van der Waals surface area contributed by atoms with E-state index in [1.165, 1.54) is 4.90 Å². The molecule has 1 heterocycles. The van der Waals surface area contributed by atoms with E-state index in [0.29, 0.717) is 12.1 Å². The van der Waals surface area contributed by atoms with E-state index >= 15 is 0 Å². The van der Waals surface area contributed by atoms with Gasteiger partial charge in [0.1, 0.15) is 0 Å². The zero-order valence-electron chi connectivity index (χ0n) is 10.7. The molecule has 3 nitrogen and oxygen atoms in total. The molecule has 0 bridgehead atoms. The average Bonchev–Trinajstić information content (AvgIpc) is 2.53. The van der Waals surface area contributed by atoms with Crippen LogP contribution in [0, 0.1) is 14.9 Å². The van der Waals surface area contributed by atoms with E-state index in [4.69, 9.17) is 0 Å². The Morgan fingerprint density at radius 2 is 1.89 bits per heavy atom.